The van der Waals surface area contributed by atoms with Crippen LogP contribution in [0.3, 0.4) is 0 Å². The minimum absolute atomic E-state index is 0.196. The van der Waals surface area contributed by atoms with Crippen LogP contribution in [0.2, 0.25) is 0 Å². The van der Waals surface area contributed by atoms with Crippen molar-refractivity contribution in [1.82, 2.24) is 5.48 Å². The maximum atomic E-state index is 10.2. The van der Waals surface area contributed by atoms with Crippen molar-refractivity contribution >= 4 is 5.97 Å². The number of hydrogen-bond donors (Lipinski definition) is 2. The van der Waals surface area contributed by atoms with Gasteiger partial charge in [0.25, 0.3) is 0 Å². The molecule has 0 radical (unpaired) electrons. The smallest absolute Gasteiger partial charge is 0.331 e. The monoisotopic (exact) mass is 207 g/mol. The Kier molecular flexibility index (Phi) is 2.99. The summed E-state index contributed by atoms with van der Waals surface area (Å²) in [6, 6.07) is 8.41. The first-order valence-electron chi connectivity index (χ1n) is 4.91. The largest absolute Gasteiger partial charge is 0.479 e. The van der Waals surface area contributed by atoms with Crippen LogP contribution in [0.15, 0.2) is 24.3 Å². The highest BCUT2D eigenvalue weighted by atomic mass is 16.7. The molecule has 1 aromatic rings. The number of nitrogens with one attached hydrogen (secondary N) is 1. The number of hydrogen-bond acceptors (Lipinski definition) is 3. The van der Waals surface area contributed by atoms with Crippen LogP contribution in [-0.4, -0.2) is 23.7 Å². The molecule has 0 amide bonds. The first kappa shape index (κ1) is 10.1. The Hall–Kier alpha value is -1.39. The van der Waals surface area contributed by atoms with Gasteiger partial charge in [-0.15, -0.1) is 0 Å². The second-order valence-corrected chi connectivity index (χ2v) is 3.67. The zero-order valence-corrected chi connectivity index (χ0v) is 8.27. The number of carboxylic acid groups (broad SMARTS) is 1. The van der Waals surface area contributed by atoms with Crippen molar-refractivity contribution in [3.63, 3.8) is 0 Å². The lowest BCUT2D eigenvalue weighted by Crippen LogP contribution is -2.31. The van der Waals surface area contributed by atoms with E-state index in [1.807, 2.05) is 12.1 Å². The van der Waals surface area contributed by atoms with Crippen LogP contribution in [0.25, 0.3) is 0 Å². The van der Waals surface area contributed by atoms with Gasteiger partial charge in [-0.25, -0.2) is 4.79 Å². The van der Waals surface area contributed by atoms with Gasteiger partial charge in [-0.1, -0.05) is 24.3 Å². The molecular formula is C11H13NO3. The summed E-state index contributed by atoms with van der Waals surface area (Å²) in [5, 5.41) is 8.40. The molecule has 2 N–H and O–H groups in total. The lowest BCUT2D eigenvalue weighted by Gasteiger charge is -2.09. The van der Waals surface area contributed by atoms with Crippen molar-refractivity contribution < 1.29 is 14.7 Å². The first-order chi connectivity index (χ1) is 7.25. The molecule has 0 spiro atoms. The average molecular weight is 207 g/mol. The van der Waals surface area contributed by atoms with Crippen LogP contribution < -0.4 is 5.48 Å². The van der Waals surface area contributed by atoms with E-state index in [0.29, 0.717) is 0 Å². The van der Waals surface area contributed by atoms with E-state index in [1.165, 1.54) is 11.1 Å². The number of hydroxylamine groups is 1. The summed E-state index contributed by atoms with van der Waals surface area (Å²) in [6.45, 7) is -0.299. The summed E-state index contributed by atoms with van der Waals surface area (Å²) in [5.74, 6) is -0.960. The van der Waals surface area contributed by atoms with E-state index < -0.39 is 5.97 Å². The summed E-state index contributed by atoms with van der Waals surface area (Å²) >= 11 is 0. The van der Waals surface area contributed by atoms with Crippen molar-refractivity contribution in [2.75, 3.05) is 6.61 Å². The Morgan fingerprint density at radius 2 is 2.00 bits per heavy atom. The number of carboxylic acids is 1. The minimum atomic E-state index is -0.960. The van der Waals surface area contributed by atoms with Crippen LogP contribution in [0.1, 0.15) is 11.1 Å². The molecule has 0 bridgehead atoms. The summed E-state index contributed by atoms with van der Waals surface area (Å²) in [7, 11) is 0. The third-order valence-electron chi connectivity index (χ3n) is 2.50. The highest BCUT2D eigenvalue weighted by Gasteiger charge is 2.20. The van der Waals surface area contributed by atoms with Gasteiger partial charge in [0.2, 0.25) is 0 Å². The molecule has 0 saturated carbocycles. The van der Waals surface area contributed by atoms with Gasteiger partial charge in [0, 0.05) is 6.04 Å². The van der Waals surface area contributed by atoms with E-state index in [-0.39, 0.29) is 12.6 Å². The van der Waals surface area contributed by atoms with Crippen LogP contribution in [0.4, 0.5) is 0 Å². The number of fused-ring (bicyclic) bond motifs is 1. The van der Waals surface area contributed by atoms with E-state index in [9.17, 15) is 4.79 Å². The SMILES string of the molecule is O=C(O)CONC1Cc2ccccc2C1. The fourth-order valence-corrected chi connectivity index (χ4v) is 1.86. The van der Waals surface area contributed by atoms with Gasteiger partial charge < -0.3 is 5.11 Å². The normalized spacial score (nSPS) is 15.2. The number of benzene rings is 1. The van der Waals surface area contributed by atoms with Gasteiger partial charge in [0.15, 0.2) is 6.61 Å². The summed E-state index contributed by atoms with van der Waals surface area (Å²) < 4.78 is 0. The molecule has 1 aliphatic rings. The molecule has 0 aromatic heterocycles. The lowest BCUT2D eigenvalue weighted by molar-refractivity contribution is -0.145. The van der Waals surface area contributed by atoms with Crippen LogP contribution in [-0.2, 0) is 22.5 Å². The third kappa shape index (κ3) is 2.55. The Labute approximate surface area is 87.8 Å². The molecule has 15 heavy (non-hydrogen) atoms. The van der Waals surface area contributed by atoms with Gasteiger partial charge in [-0.3, -0.25) is 4.84 Å². The highest BCUT2D eigenvalue weighted by Crippen LogP contribution is 2.21. The zero-order chi connectivity index (χ0) is 10.7. The molecule has 0 fully saturated rings. The Morgan fingerprint density at radius 1 is 1.40 bits per heavy atom. The lowest BCUT2D eigenvalue weighted by atomic mass is 10.1. The summed E-state index contributed by atoms with van der Waals surface area (Å²) in [4.78, 5) is 15.1. The molecule has 1 aliphatic carbocycles. The predicted molar refractivity (Wildman–Crippen MR) is 54.4 cm³/mol. The molecule has 4 heteroatoms. The summed E-state index contributed by atoms with van der Waals surface area (Å²) in [6.07, 6.45) is 1.80. The van der Waals surface area contributed by atoms with Gasteiger partial charge >= 0.3 is 5.97 Å². The molecule has 0 unspecified atom stereocenters. The quantitative estimate of drug-likeness (QED) is 0.716. The topological polar surface area (TPSA) is 58.6 Å². The molecule has 2 rings (SSSR count). The van der Waals surface area contributed by atoms with Crippen molar-refractivity contribution in [3.05, 3.63) is 35.4 Å². The second kappa shape index (κ2) is 4.42. The molecule has 0 atom stereocenters. The van der Waals surface area contributed by atoms with E-state index in [0.717, 1.165) is 12.8 Å². The first-order valence-corrected chi connectivity index (χ1v) is 4.91. The molecule has 0 saturated heterocycles. The summed E-state index contributed by atoms with van der Waals surface area (Å²) in [5.41, 5.74) is 5.41. The number of rotatable bonds is 4. The highest BCUT2D eigenvalue weighted by molar-refractivity contribution is 5.67. The van der Waals surface area contributed by atoms with Crippen LogP contribution in [0.5, 0.6) is 0 Å². The zero-order valence-electron chi connectivity index (χ0n) is 8.27. The van der Waals surface area contributed by atoms with Gasteiger partial charge in [0.05, 0.1) is 0 Å². The van der Waals surface area contributed by atoms with Crippen LogP contribution in [0, 0.1) is 0 Å². The molecule has 0 heterocycles. The third-order valence-corrected chi connectivity index (χ3v) is 2.50. The van der Waals surface area contributed by atoms with Gasteiger partial charge in [-0.05, 0) is 24.0 Å². The maximum Gasteiger partial charge on any atom is 0.331 e. The Balaban J connectivity index is 1.83. The molecular weight excluding hydrogens is 194 g/mol. The van der Waals surface area contributed by atoms with E-state index in [4.69, 9.17) is 9.94 Å². The van der Waals surface area contributed by atoms with E-state index in [2.05, 4.69) is 17.6 Å². The molecule has 1 aromatic carbocycles. The Bertz CT molecular complexity index is 340. The standard InChI is InChI=1S/C11H13NO3/c13-11(14)7-15-12-10-5-8-3-1-2-4-9(8)6-10/h1-4,10,12H,5-7H2,(H,13,14). The van der Waals surface area contributed by atoms with Crippen molar-refractivity contribution in [3.8, 4) is 0 Å². The van der Waals surface area contributed by atoms with Crippen molar-refractivity contribution in [1.29, 1.82) is 0 Å². The average Bonchev–Trinajstić information content (AvgIpc) is 2.59. The fraction of sp³-hybridized carbons (Fsp3) is 0.364. The second-order valence-electron chi connectivity index (χ2n) is 3.67. The molecule has 4 nitrogen and oxygen atoms in total. The van der Waals surface area contributed by atoms with Gasteiger partial charge in [0.1, 0.15) is 0 Å². The van der Waals surface area contributed by atoms with Gasteiger partial charge in [-0.2, -0.15) is 5.48 Å². The maximum absolute atomic E-state index is 10.2. The van der Waals surface area contributed by atoms with E-state index in [1.54, 1.807) is 0 Å². The predicted octanol–water partition coefficient (Wildman–Crippen LogP) is 0.760. The minimum Gasteiger partial charge on any atom is -0.479 e. The Morgan fingerprint density at radius 3 is 2.53 bits per heavy atom. The number of aliphatic carboxylic acids is 1. The van der Waals surface area contributed by atoms with E-state index >= 15 is 0 Å². The fourth-order valence-electron chi connectivity index (χ4n) is 1.86. The van der Waals surface area contributed by atoms with Crippen LogP contribution >= 0.6 is 0 Å². The van der Waals surface area contributed by atoms with Crippen molar-refractivity contribution in [2.24, 2.45) is 0 Å². The molecule has 80 valence electrons. The van der Waals surface area contributed by atoms with Crippen molar-refractivity contribution in [2.45, 2.75) is 18.9 Å². The molecule has 0 aliphatic heterocycles. The number of carbonyl (C=O) groups is 1.